The quantitative estimate of drug-likeness (QED) is 0.702. The molecule has 2 aromatic heterocycles. The smallest absolute Gasteiger partial charge is 0.116 e. The van der Waals surface area contributed by atoms with Gasteiger partial charge in [-0.15, -0.1) is 0 Å². The first-order valence-corrected chi connectivity index (χ1v) is 6.12. The van der Waals surface area contributed by atoms with Crippen molar-refractivity contribution in [3.63, 3.8) is 0 Å². The van der Waals surface area contributed by atoms with Crippen LogP contribution in [0.3, 0.4) is 0 Å². The first-order valence-electron chi connectivity index (χ1n) is 6.12. The summed E-state index contributed by atoms with van der Waals surface area (Å²) in [5.41, 5.74) is 5.40. The minimum atomic E-state index is 0.880. The molecule has 0 amide bonds. The molecule has 0 bridgehead atoms. The average Bonchev–Trinajstić information content (AvgIpc) is 2.88. The van der Waals surface area contributed by atoms with E-state index >= 15 is 0 Å². The van der Waals surface area contributed by atoms with E-state index < -0.39 is 0 Å². The first-order chi connectivity index (χ1) is 9.22. The third-order valence-electron chi connectivity index (χ3n) is 2.93. The standard InChI is InChI=1S/C15H14N4/c1-11-5-12(2)7-14(6-11)19-9-13(8-18-19)15-3-4-16-10-17-15/h3-10H,1-2H3. The van der Waals surface area contributed by atoms with Gasteiger partial charge in [-0.3, -0.25) is 0 Å². The van der Waals surface area contributed by atoms with Gasteiger partial charge in [0.15, 0.2) is 0 Å². The minimum Gasteiger partial charge on any atom is -0.245 e. The summed E-state index contributed by atoms with van der Waals surface area (Å²) in [4.78, 5) is 8.15. The van der Waals surface area contributed by atoms with Crippen LogP contribution in [-0.4, -0.2) is 19.7 Å². The van der Waals surface area contributed by atoms with Crippen LogP contribution in [0.2, 0.25) is 0 Å². The van der Waals surface area contributed by atoms with E-state index in [4.69, 9.17) is 0 Å². The summed E-state index contributed by atoms with van der Waals surface area (Å²) in [6.45, 7) is 4.18. The zero-order chi connectivity index (χ0) is 13.2. The van der Waals surface area contributed by atoms with Crippen molar-refractivity contribution < 1.29 is 0 Å². The zero-order valence-corrected chi connectivity index (χ0v) is 10.9. The fourth-order valence-corrected chi connectivity index (χ4v) is 2.14. The molecule has 2 heterocycles. The van der Waals surface area contributed by atoms with Crippen LogP contribution in [0.5, 0.6) is 0 Å². The number of hydrogen-bond donors (Lipinski definition) is 0. The Morgan fingerprint density at radius 1 is 1.05 bits per heavy atom. The molecular formula is C15H14N4. The highest BCUT2D eigenvalue weighted by Gasteiger charge is 2.05. The molecule has 0 aliphatic rings. The maximum Gasteiger partial charge on any atom is 0.116 e. The summed E-state index contributed by atoms with van der Waals surface area (Å²) in [6, 6.07) is 8.26. The lowest BCUT2D eigenvalue weighted by atomic mass is 10.1. The molecule has 0 saturated heterocycles. The van der Waals surface area contributed by atoms with Gasteiger partial charge >= 0.3 is 0 Å². The van der Waals surface area contributed by atoms with E-state index in [1.165, 1.54) is 11.1 Å². The van der Waals surface area contributed by atoms with Crippen molar-refractivity contribution in [2.75, 3.05) is 0 Å². The Labute approximate surface area is 111 Å². The molecule has 4 nitrogen and oxygen atoms in total. The van der Waals surface area contributed by atoms with Crippen LogP contribution >= 0.6 is 0 Å². The maximum atomic E-state index is 4.40. The van der Waals surface area contributed by atoms with Gasteiger partial charge in [0.2, 0.25) is 0 Å². The van der Waals surface area contributed by atoms with Crippen LogP contribution in [0.1, 0.15) is 11.1 Å². The van der Waals surface area contributed by atoms with Gasteiger partial charge in [-0.1, -0.05) is 6.07 Å². The molecule has 0 radical (unpaired) electrons. The highest BCUT2D eigenvalue weighted by Crippen LogP contribution is 2.18. The van der Waals surface area contributed by atoms with E-state index in [9.17, 15) is 0 Å². The average molecular weight is 250 g/mol. The number of aromatic nitrogens is 4. The van der Waals surface area contributed by atoms with Crippen molar-refractivity contribution in [2.24, 2.45) is 0 Å². The normalized spacial score (nSPS) is 10.6. The molecule has 0 aliphatic heterocycles. The molecule has 0 N–H and O–H groups in total. The number of rotatable bonds is 2. The van der Waals surface area contributed by atoms with Crippen molar-refractivity contribution in [2.45, 2.75) is 13.8 Å². The topological polar surface area (TPSA) is 43.6 Å². The fourth-order valence-electron chi connectivity index (χ4n) is 2.14. The summed E-state index contributed by atoms with van der Waals surface area (Å²) in [5.74, 6) is 0. The molecule has 0 atom stereocenters. The molecule has 0 fully saturated rings. The van der Waals surface area contributed by atoms with Gasteiger partial charge in [-0.2, -0.15) is 5.10 Å². The molecule has 3 aromatic rings. The molecule has 4 heteroatoms. The van der Waals surface area contributed by atoms with Gasteiger partial charge in [0.05, 0.1) is 17.6 Å². The Hall–Kier alpha value is -2.49. The van der Waals surface area contributed by atoms with E-state index in [1.807, 2.05) is 23.1 Å². The Morgan fingerprint density at radius 3 is 2.53 bits per heavy atom. The van der Waals surface area contributed by atoms with Gasteiger partial charge in [0.25, 0.3) is 0 Å². The second-order valence-electron chi connectivity index (χ2n) is 4.61. The molecular weight excluding hydrogens is 236 g/mol. The molecule has 94 valence electrons. The van der Waals surface area contributed by atoms with Gasteiger partial charge in [-0.05, 0) is 43.2 Å². The molecule has 0 unspecified atom stereocenters. The Bertz CT molecular complexity index is 681. The summed E-state index contributed by atoms with van der Waals surface area (Å²) >= 11 is 0. The van der Waals surface area contributed by atoms with Crippen LogP contribution in [0.25, 0.3) is 16.9 Å². The van der Waals surface area contributed by atoms with Gasteiger partial charge in [0, 0.05) is 18.0 Å². The predicted octanol–water partition coefficient (Wildman–Crippen LogP) is 2.95. The van der Waals surface area contributed by atoms with E-state index in [0.717, 1.165) is 16.9 Å². The summed E-state index contributed by atoms with van der Waals surface area (Å²) < 4.78 is 1.87. The van der Waals surface area contributed by atoms with Crippen molar-refractivity contribution in [1.82, 2.24) is 19.7 Å². The monoisotopic (exact) mass is 250 g/mol. The zero-order valence-electron chi connectivity index (χ0n) is 10.9. The second kappa shape index (κ2) is 4.65. The lowest BCUT2D eigenvalue weighted by molar-refractivity contribution is 0.877. The van der Waals surface area contributed by atoms with Crippen LogP contribution in [0, 0.1) is 13.8 Å². The predicted molar refractivity (Wildman–Crippen MR) is 74.1 cm³/mol. The van der Waals surface area contributed by atoms with Crippen molar-refractivity contribution >= 4 is 0 Å². The lowest BCUT2D eigenvalue weighted by Crippen LogP contribution is -1.95. The lowest BCUT2D eigenvalue weighted by Gasteiger charge is -2.04. The fraction of sp³-hybridized carbons (Fsp3) is 0.133. The second-order valence-corrected chi connectivity index (χ2v) is 4.61. The highest BCUT2D eigenvalue weighted by atomic mass is 15.3. The first kappa shape index (κ1) is 11.6. The highest BCUT2D eigenvalue weighted by molar-refractivity contribution is 5.57. The third kappa shape index (κ3) is 2.38. The molecule has 0 saturated carbocycles. The third-order valence-corrected chi connectivity index (χ3v) is 2.93. The Balaban J connectivity index is 2.02. The van der Waals surface area contributed by atoms with Gasteiger partial charge in [-0.25, -0.2) is 14.6 Å². The minimum absolute atomic E-state index is 0.880. The molecule has 19 heavy (non-hydrogen) atoms. The molecule has 0 aliphatic carbocycles. The van der Waals surface area contributed by atoms with E-state index in [2.05, 4.69) is 47.1 Å². The number of aryl methyl sites for hydroxylation is 2. The van der Waals surface area contributed by atoms with Crippen LogP contribution in [-0.2, 0) is 0 Å². The summed E-state index contributed by atoms with van der Waals surface area (Å²) in [5, 5.41) is 4.40. The van der Waals surface area contributed by atoms with E-state index in [1.54, 1.807) is 12.5 Å². The van der Waals surface area contributed by atoms with Gasteiger partial charge < -0.3 is 0 Å². The molecule has 1 aromatic carbocycles. The van der Waals surface area contributed by atoms with Crippen molar-refractivity contribution in [1.29, 1.82) is 0 Å². The number of nitrogens with zero attached hydrogens (tertiary/aromatic N) is 4. The Kier molecular flexibility index (Phi) is 2.83. The molecule has 3 rings (SSSR count). The number of hydrogen-bond acceptors (Lipinski definition) is 3. The SMILES string of the molecule is Cc1cc(C)cc(-n2cc(-c3ccncn3)cn2)c1. The summed E-state index contributed by atoms with van der Waals surface area (Å²) in [6.07, 6.45) is 7.08. The van der Waals surface area contributed by atoms with Crippen LogP contribution < -0.4 is 0 Å². The van der Waals surface area contributed by atoms with Gasteiger partial charge in [0.1, 0.15) is 6.33 Å². The van der Waals surface area contributed by atoms with E-state index in [0.29, 0.717) is 0 Å². The number of benzene rings is 1. The van der Waals surface area contributed by atoms with Crippen LogP contribution in [0.15, 0.2) is 49.2 Å². The summed E-state index contributed by atoms with van der Waals surface area (Å²) in [7, 11) is 0. The van der Waals surface area contributed by atoms with Crippen molar-refractivity contribution in [3.8, 4) is 16.9 Å². The van der Waals surface area contributed by atoms with Crippen LogP contribution in [0.4, 0.5) is 0 Å². The Morgan fingerprint density at radius 2 is 1.84 bits per heavy atom. The molecule has 0 spiro atoms. The maximum absolute atomic E-state index is 4.40. The largest absolute Gasteiger partial charge is 0.245 e. The van der Waals surface area contributed by atoms with Crippen molar-refractivity contribution in [3.05, 3.63) is 60.3 Å². The van der Waals surface area contributed by atoms with E-state index in [-0.39, 0.29) is 0 Å².